The van der Waals surface area contributed by atoms with E-state index in [-0.39, 0.29) is 6.10 Å². The Labute approximate surface area is 108 Å². The molecule has 0 bridgehead atoms. The maximum atomic E-state index is 9.78. The van der Waals surface area contributed by atoms with E-state index in [1.807, 2.05) is 32.8 Å². The number of aryl methyl sites for hydroxylation is 1. The number of rotatable bonds is 2. The third-order valence-electron chi connectivity index (χ3n) is 3.45. The summed E-state index contributed by atoms with van der Waals surface area (Å²) in [6, 6.07) is 0. The Bertz CT molecular complexity index is 433. The van der Waals surface area contributed by atoms with Crippen LogP contribution in [-0.4, -0.2) is 48.4 Å². The van der Waals surface area contributed by atoms with Crippen LogP contribution in [0.5, 0.6) is 0 Å². The first-order valence-electron chi connectivity index (χ1n) is 6.44. The Morgan fingerprint density at radius 1 is 1.28 bits per heavy atom. The van der Waals surface area contributed by atoms with Crippen molar-refractivity contribution in [2.75, 3.05) is 37.0 Å². The highest BCUT2D eigenvalue weighted by Crippen LogP contribution is 2.25. The largest absolute Gasteiger partial charge is 0.391 e. The van der Waals surface area contributed by atoms with Crippen molar-refractivity contribution in [2.45, 2.75) is 32.8 Å². The zero-order valence-electron chi connectivity index (χ0n) is 11.6. The summed E-state index contributed by atoms with van der Waals surface area (Å²) < 4.78 is 0. The van der Waals surface area contributed by atoms with Crippen LogP contribution in [0.3, 0.4) is 0 Å². The Morgan fingerprint density at radius 3 is 2.61 bits per heavy atom. The molecule has 1 saturated heterocycles. The maximum Gasteiger partial charge on any atom is 0.227 e. The van der Waals surface area contributed by atoms with Crippen LogP contribution in [-0.2, 0) is 0 Å². The standard InChI is InChI=1S/C13H22N4O/c1-9-10(2)14-13(16(3)4)15-12(9)17-7-5-6-11(18)8-17/h11,18H,5-8H2,1-4H3. The molecule has 1 atom stereocenters. The molecule has 0 amide bonds. The molecule has 1 aliphatic rings. The van der Waals surface area contributed by atoms with Gasteiger partial charge in [-0.1, -0.05) is 0 Å². The van der Waals surface area contributed by atoms with E-state index in [4.69, 9.17) is 0 Å². The van der Waals surface area contributed by atoms with Gasteiger partial charge in [-0.15, -0.1) is 0 Å². The Hall–Kier alpha value is -1.36. The predicted octanol–water partition coefficient (Wildman–Crippen LogP) is 1.12. The molecular formula is C13H22N4O. The molecule has 18 heavy (non-hydrogen) atoms. The number of piperidine rings is 1. The third-order valence-corrected chi connectivity index (χ3v) is 3.45. The second kappa shape index (κ2) is 5.10. The Kier molecular flexibility index (Phi) is 3.71. The van der Waals surface area contributed by atoms with Gasteiger partial charge in [0.15, 0.2) is 0 Å². The van der Waals surface area contributed by atoms with Gasteiger partial charge in [0.05, 0.1) is 6.10 Å². The molecule has 1 unspecified atom stereocenters. The van der Waals surface area contributed by atoms with Crippen LogP contribution in [0.1, 0.15) is 24.1 Å². The second-order valence-corrected chi connectivity index (χ2v) is 5.19. The van der Waals surface area contributed by atoms with Crippen molar-refractivity contribution >= 4 is 11.8 Å². The first kappa shape index (κ1) is 13.1. The molecule has 1 aromatic heterocycles. The van der Waals surface area contributed by atoms with Gasteiger partial charge >= 0.3 is 0 Å². The molecule has 5 nitrogen and oxygen atoms in total. The van der Waals surface area contributed by atoms with Crippen LogP contribution in [0.15, 0.2) is 0 Å². The molecule has 1 fully saturated rings. The van der Waals surface area contributed by atoms with E-state index in [9.17, 15) is 5.11 Å². The summed E-state index contributed by atoms with van der Waals surface area (Å²) in [6.45, 7) is 5.68. The van der Waals surface area contributed by atoms with Gasteiger partial charge in [-0.05, 0) is 26.7 Å². The van der Waals surface area contributed by atoms with E-state index in [1.54, 1.807) is 0 Å². The molecule has 100 valence electrons. The fourth-order valence-electron chi connectivity index (χ4n) is 2.25. The Balaban J connectivity index is 2.36. The highest BCUT2D eigenvalue weighted by molar-refractivity contribution is 5.52. The number of aliphatic hydroxyl groups is 1. The van der Waals surface area contributed by atoms with Crippen molar-refractivity contribution < 1.29 is 5.11 Å². The molecule has 0 spiro atoms. The number of hydrogen-bond acceptors (Lipinski definition) is 5. The lowest BCUT2D eigenvalue weighted by atomic mass is 10.1. The third kappa shape index (κ3) is 2.56. The molecular weight excluding hydrogens is 228 g/mol. The van der Waals surface area contributed by atoms with Crippen molar-refractivity contribution in [3.05, 3.63) is 11.3 Å². The monoisotopic (exact) mass is 250 g/mol. The number of aromatic nitrogens is 2. The van der Waals surface area contributed by atoms with Gasteiger partial charge in [0.25, 0.3) is 0 Å². The first-order valence-corrected chi connectivity index (χ1v) is 6.44. The van der Waals surface area contributed by atoms with E-state index in [2.05, 4.69) is 14.9 Å². The summed E-state index contributed by atoms with van der Waals surface area (Å²) in [6.07, 6.45) is 1.66. The predicted molar refractivity (Wildman–Crippen MR) is 73.3 cm³/mol. The number of β-amino-alcohol motifs (C(OH)–C–C–N with tert-alkyl or cyclic N) is 1. The maximum absolute atomic E-state index is 9.78. The molecule has 1 aromatic rings. The lowest BCUT2D eigenvalue weighted by Crippen LogP contribution is -2.39. The fourth-order valence-corrected chi connectivity index (χ4v) is 2.25. The van der Waals surface area contributed by atoms with Gasteiger partial charge in [-0.3, -0.25) is 0 Å². The molecule has 2 heterocycles. The van der Waals surface area contributed by atoms with Gasteiger partial charge in [-0.2, -0.15) is 4.98 Å². The summed E-state index contributed by atoms with van der Waals surface area (Å²) in [5.74, 6) is 1.69. The van der Waals surface area contributed by atoms with Crippen LogP contribution in [0, 0.1) is 13.8 Å². The van der Waals surface area contributed by atoms with Crippen molar-refractivity contribution in [3.8, 4) is 0 Å². The number of nitrogens with zero attached hydrogens (tertiary/aromatic N) is 4. The van der Waals surface area contributed by atoms with Gasteiger partial charge < -0.3 is 14.9 Å². The number of aliphatic hydroxyl groups excluding tert-OH is 1. The van der Waals surface area contributed by atoms with Crippen LogP contribution in [0.2, 0.25) is 0 Å². The van der Waals surface area contributed by atoms with Crippen molar-refractivity contribution in [1.29, 1.82) is 0 Å². The molecule has 1 aliphatic heterocycles. The van der Waals surface area contributed by atoms with E-state index in [1.165, 1.54) is 0 Å². The minimum absolute atomic E-state index is 0.240. The molecule has 0 radical (unpaired) electrons. The lowest BCUT2D eigenvalue weighted by molar-refractivity contribution is 0.154. The number of anilines is 2. The zero-order valence-corrected chi connectivity index (χ0v) is 11.6. The molecule has 5 heteroatoms. The first-order chi connectivity index (χ1) is 8.49. The summed E-state index contributed by atoms with van der Waals surface area (Å²) in [4.78, 5) is 13.2. The van der Waals surface area contributed by atoms with Crippen molar-refractivity contribution in [2.24, 2.45) is 0 Å². The van der Waals surface area contributed by atoms with Crippen molar-refractivity contribution in [3.63, 3.8) is 0 Å². The SMILES string of the molecule is Cc1nc(N(C)C)nc(N2CCCC(O)C2)c1C. The molecule has 0 saturated carbocycles. The van der Waals surface area contributed by atoms with Crippen LogP contribution >= 0.6 is 0 Å². The van der Waals surface area contributed by atoms with Crippen LogP contribution < -0.4 is 9.80 Å². The molecule has 1 N–H and O–H groups in total. The zero-order chi connectivity index (χ0) is 13.3. The number of hydrogen-bond donors (Lipinski definition) is 1. The molecule has 0 aliphatic carbocycles. The Morgan fingerprint density at radius 2 is 2.00 bits per heavy atom. The summed E-state index contributed by atoms with van der Waals surface area (Å²) in [5.41, 5.74) is 2.11. The summed E-state index contributed by atoms with van der Waals surface area (Å²) in [5, 5.41) is 9.78. The fraction of sp³-hybridized carbons (Fsp3) is 0.692. The topological polar surface area (TPSA) is 52.5 Å². The lowest BCUT2D eigenvalue weighted by Gasteiger charge is -2.32. The quantitative estimate of drug-likeness (QED) is 0.852. The highest BCUT2D eigenvalue weighted by atomic mass is 16.3. The highest BCUT2D eigenvalue weighted by Gasteiger charge is 2.22. The van der Waals surface area contributed by atoms with Gasteiger partial charge in [0.2, 0.25) is 5.95 Å². The van der Waals surface area contributed by atoms with E-state index >= 15 is 0 Å². The molecule has 0 aromatic carbocycles. The average molecular weight is 250 g/mol. The minimum Gasteiger partial charge on any atom is -0.391 e. The summed E-state index contributed by atoms with van der Waals surface area (Å²) >= 11 is 0. The normalized spacial score (nSPS) is 20.1. The summed E-state index contributed by atoms with van der Waals surface area (Å²) in [7, 11) is 3.89. The van der Waals surface area contributed by atoms with Gasteiger partial charge in [-0.25, -0.2) is 4.98 Å². The van der Waals surface area contributed by atoms with E-state index in [0.29, 0.717) is 6.54 Å². The average Bonchev–Trinajstić information content (AvgIpc) is 2.32. The van der Waals surface area contributed by atoms with Crippen LogP contribution in [0.25, 0.3) is 0 Å². The van der Waals surface area contributed by atoms with Gasteiger partial charge in [0.1, 0.15) is 5.82 Å². The van der Waals surface area contributed by atoms with E-state index < -0.39 is 0 Å². The van der Waals surface area contributed by atoms with Crippen molar-refractivity contribution in [1.82, 2.24) is 9.97 Å². The molecule has 2 rings (SSSR count). The minimum atomic E-state index is -0.240. The van der Waals surface area contributed by atoms with Crippen LogP contribution in [0.4, 0.5) is 11.8 Å². The second-order valence-electron chi connectivity index (χ2n) is 5.19. The van der Waals surface area contributed by atoms with Gasteiger partial charge in [0, 0.05) is 38.4 Å². The van der Waals surface area contributed by atoms with E-state index in [0.717, 1.165) is 42.4 Å². The smallest absolute Gasteiger partial charge is 0.227 e.